The molecule has 29 heavy (non-hydrogen) atoms. The van der Waals surface area contributed by atoms with E-state index in [9.17, 15) is 9.59 Å². The SMILES string of the molecule is CCC(=O)NC(c1nnc2n1CCN(C(=O)CCc1scnc1C)CC2)C(C)C. The number of amides is 2. The van der Waals surface area contributed by atoms with Gasteiger partial charge in [0, 0.05) is 43.8 Å². The standard InChI is InChI=1S/C20H30N6O2S/c1-5-17(27)22-19(13(2)3)20-24-23-16-8-9-25(10-11-26(16)20)18(28)7-6-15-14(4)21-12-29-15/h12-13,19H,5-11H2,1-4H3,(H,22,27). The summed E-state index contributed by atoms with van der Waals surface area (Å²) >= 11 is 1.61. The summed E-state index contributed by atoms with van der Waals surface area (Å²) in [6, 6.07) is -0.180. The molecule has 0 aliphatic carbocycles. The molecule has 158 valence electrons. The molecule has 0 radical (unpaired) electrons. The van der Waals surface area contributed by atoms with Gasteiger partial charge in [-0.2, -0.15) is 0 Å². The van der Waals surface area contributed by atoms with E-state index in [1.54, 1.807) is 11.3 Å². The van der Waals surface area contributed by atoms with Gasteiger partial charge in [0.25, 0.3) is 0 Å². The number of fused-ring (bicyclic) bond motifs is 1. The molecule has 9 heteroatoms. The number of aryl methyl sites for hydroxylation is 2. The van der Waals surface area contributed by atoms with Crippen LogP contribution in [0.1, 0.15) is 61.9 Å². The zero-order chi connectivity index (χ0) is 21.0. The van der Waals surface area contributed by atoms with Crippen molar-refractivity contribution in [3.05, 3.63) is 27.7 Å². The Morgan fingerprint density at radius 1 is 1.24 bits per heavy atom. The Bertz CT molecular complexity index is 859. The number of rotatable bonds is 7. The fourth-order valence-electron chi connectivity index (χ4n) is 3.57. The highest BCUT2D eigenvalue weighted by Gasteiger charge is 2.28. The van der Waals surface area contributed by atoms with Crippen molar-refractivity contribution in [2.45, 2.75) is 66.0 Å². The molecule has 8 nitrogen and oxygen atoms in total. The first-order valence-corrected chi connectivity index (χ1v) is 11.2. The molecule has 0 bridgehead atoms. The maximum atomic E-state index is 12.7. The van der Waals surface area contributed by atoms with Crippen molar-refractivity contribution in [2.24, 2.45) is 5.92 Å². The monoisotopic (exact) mass is 418 g/mol. The van der Waals surface area contributed by atoms with Crippen LogP contribution >= 0.6 is 11.3 Å². The topological polar surface area (TPSA) is 93.0 Å². The smallest absolute Gasteiger partial charge is 0.223 e. The first-order chi connectivity index (χ1) is 13.9. The minimum atomic E-state index is -0.180. The fraction of sp³-hybridized carbons (Fsp3) is 0.650. The zero-order valence-corrected chi connectivity index (χ0v) is 18.5. The molecule has 1 N–H and O–H groups in total. The van der Waals surface area contributed by atoms with Crippen molar-refractivity contribution in [2.75, 3.05) is 13.1 Å². The third-order valence-corrected chi connectivity index (χ3v) is 6.40. The van der Waals surface area contributed by atoms with Gasteiger partial charge in [-0.15, -0.1) is 21.5 Å². The lowest BCUT2D eigenvalue weighted by atomic mass is 10.0. The molecule has 2 amide bonds. The molecule has 0 aromatic carbocycles. The normalized spacial score (nSPS) is 15.1. The number of carbonyl (C=O) groups is 2. The molecule has 1 atom stereocenters. The van der Waals surface area contributed by atoms with Crippen molar-refractivity contribution in [1.82, 2.24) is 30.0 Å². The number of aromatic nitrogens is 4. The molecule has 0 saturated carbocycles. The second kappa shape index (κ2) is 9.47. The molecule has 1 aliphatic heterocycles. The van der Waals surface area contributed by atoms with Crippen LogP contribution in [0.5, 0.6) is 0 Å². The van der Waals surface area contributed by atoms with Gasteiger partial charge in [0.2, 0.25) is 11.8 Å². The lowest BCUT2D eigenvalue weighted by Crippen LogP contribution is -2.35. The first-order valence-electron chi connectivity index (χ1n) is 10.3. The van der Waals surface area contributed by atoms with Crippen LogP contribution in [0.25, 0.3) is 0 Å². The summed E-state index contributed by atoms with van der Waals surface area (Å²) in [6.07, 6.45) is 2.34. The lowest BCUT2D eigenvalue weighted by Gasteiger charge is -2.23. The summed E-state index contributed by atoms with van der Waals surface area (Å²) in [6.45, 7) is 9.88. The van der Waals surface area contributed by atoms with Gasteiger partial charge in [-0.3, -0.25) is 9.59 Å². The predicted molar refractivity (Wildman–Crippen MR) is 111 cm³/mol. The van der Waals surface area contributed by atoms with Gasteiger partial charge >= 0.3 is 0 Å². The number of hydrogen-bond acceptors (Lipinski definition) is 6. The van der Waals surface area contributed by atoms with Crippen molar-refractivity contribution < 1.29 is 9.59 Å². The van der Waals surface area contributed by atoms with E-state index < -0.39 is 0 Å². The summed E-state index contributed by atoms with van der Waals surface area (Å²) in [5.74, 6) is 2.03. The summed E-state index contributed by atoms with van der Waals surface area (Å²) in [5, 5.41) is 11.8. The minimum absolute atomic E-state index is 0.00448. The van der Waals surface area contributed by atoms with Crippen molar-refractivity contribution in [3.8, 4) is 0 Å². The molecule has 0 fully saturated rings. The van der Waals surface area contributed by atoms with E-state index in [1.165, 1.54) is 4.88 Å². The van der Waals surface area contributed by atoms with Gasteiger partial charge in [0.15, 0.2) is 5.82 Å². The van der Waals surface area contributed by atoms with E-state index >= 15 is 0 Å². The van der Waals surface area contributed by atoms with Crippen LogP contribution in [0.2, 0.25) is 0 Å². The molecule has 0 spiro atoms. The fourth-order valence-corrected chi connectivity index (χ4v) is 4.36. The first kappa shape index (κ1) is 21.4. The van der Waals surface area contributed by atoms with Gasteiger partial charge in [-0.1, -0.05) is 20.8 Å². The third kappa shape index (κ3) is 5.01. The van der Waals surface area contributed by atoms with Crippen LogP contribution in [0, 0.1) is 12.8 Å². The van der Waals surface area contributed by atoms with Gasteiger partial charge in [-0.05, 0) is 19.3 Å². The van der Waals surface area contributed by atoms with Crippen molar-refractivity contribution in [3.63, 3.8) is 0 Å². The van der Waals surface area contributed by atoms with Gasteiger partial charge in [-0.25, -0.2) is 4.98 Å². The number of nitrogens with one attached hydrogen (secondary N) is 1. The summed E-state index contributed by atoms with van der Waals surface area (Å²) < 4.78 is 2.08. The second-order valence-corrected chi connectivity index (χ2v) is 8.70. The summed E-state index contributed by atoms with van der Waals surface area (Å²) in [7, 11) is 0. The van der Waals surface area contributed by atoms with Crippen LogP contribution in [-0.4, -0.2) is 49.6 Å². The van der Waals surface area contributed by atoms with Gasteiger partial charge in [0.05, 0.1) is 17.2 Å². The Labute approximate surface area is 175 Å². The largest absolute Gasteiger partial charge is 0.346 e. The minimum Gasteiger partial charge on any atom is -0.346 e. The van der Waals surface area contributed by atoms with Gasteiger partial charge in [0.1, 0.15) is 5.82 Å². The highest BCUT2D eigenvalue weighted by molar-refractivity contribution is 7.09. The second-order valence-electron chi connectivity index (χ2n) is 7.76. The number of carbonyl (C=O) groups excluding carboxylic acids is 2. The lowest BCUT2D eigenvalue weighted by molar-refractivity contribution is -0.131. The Kier molecular flexibility index (Phi) is 7.00. The van der Waals surface area contributed by atoms with E-state index in [0.29, 0.717) is 38.9 Å². The zero-order valence-electron chi connectivity index (χ0n) is 17.6. The molecule has 1 aliphatic rings. The molecular formula is C20H30N6O2S. The molecule has 1 unspecified atom stereocenters. The Hall–Kier alpha value is -2.29. The van der Waals surface area contributed by atoms with Crippen LogP contribution < -0.4 is 5.32 Å². The maximum Gasteiger partial charge on any atom is 0.223 e. The quantitative estimate of drug-likeness (QED) is 0.745. The van der Waals surface area contributed by atoms with Crippen LogP contribution in [0.15, 0.2) is 5.51 Å². The molecule has 0 saturated heterocycles. The Morgan fingerprint density at radius 2 is 2.03 bits per heavy atom. The maximum absolute atomic E-state index is 12.7. The average Bonchev–Trinajstić information content (AvgIpc) is 3.23. The molecule has 3 heterocycles. The van der Waals surface area contributed by atoms with E-state index in [4.69, 9.17) is 0 Å². The van der Waals surface area contributed by atoms with E-state index in [2.05, 4.69) is 38.9 Å². The van der Waals surface area contributed by atoms with Gasteiger partial charge < -0.3 is 14.8 Å². The number of thiazole rings is 1. The van der Waals surface area contributed by atoms with Crippen LogP contribution in [0.4, 0.5) is 0 Å². The number of nitrogens with zero attached hydrogens (tertiary/aromatic N) is 5. The molecular weight excluding hydrogens is 388 g/mol. The number of hydrogen-bond donors (Lipinski definition) is 1. The van der Waals surface area contributed by atoms with Crippen LogP contribution in [-0.2, 0) is 29.0 Å². The Balaban J connectivity index is 1.66. The predicted octanol–water partition coefficient (Wildman–Crippen LogP) is 2.28. The molecule has 2 aromatic heterocycles. The molecule has 3 rings (SSSR count). The summed E-state index contributed by atoms with van der Waals surface area (Å²) in [5.41, 5.74) is 2.85. The molecule has 2 aromatic rings. The highest BCUT2D eigenvalue weighted by atomic mass is 32.1. The van der Waals surface area contributed by atoms with Crippen molar-refractivity contribution >= 4 is 23.2 Å². The Morgan fingerprint density at radius 3 is 2.69 bits per heavy atom. The van der Waals surface area contributed by atoms with E-state index in [0.717, 1.165) is 23.8 Å². The highest BCUT2D eigenvalue weighted by Crippen LogP contribution is 2.23. The van der Waals surface area contributed by atoms with Crippen LogP contribution in [0.3, 0.4) is 0 Å². The third-order valence-electron chi connectivity index (χ3n) is 5.40. The van der Waals surface area contributed by atoms with Crippen molar-refractivity contribution in [1.29, 1.82) is 0 Å². The summed E-state index contributed by atoms with van der Waals surface area (Å²) in [4.78, 5) is 32.1. The van der Waals surface area contributed by atoms with E-state index in [1.807, 2.05) is 24.3 Å². The van der Waals surface area contributed by atoms with E-state index in [-0.39, 0.29) is 23.8 Å². The average molecular weight is 419 g/mol.